The molecule has 0 bridgehead atoms. The molecule has 0 fully saturated rings. The molecule has 5 rings (SSSR count). The maximum Gasteiger partial charge on any atom is 0.339 e. The van der Waals surface area contributed by atoms with Gasteiger partial charge in [-0.3, -0.25) is 14.4 Å². The van der Waals surface area contributed by atoms with Crippen molar-refractivity contribution in [3.63, 3.8) is 0 Å². The summed E-state index contributed by atoms with van der Waals surface area (Å²) in [6.07, 6.45) is -0.337. The Morgan fingerprint density at radius 2 is 1.30 bits per heavy atom. The molecule has 0 unspecified atom stereocenters. The van der Waals surface area contributed by atoms with Gasteiger partial charge < -0.3 is 14.2 Å². The first-order valence-corrected chi connectivity index (χ1v) is 15.2. The highest BCUT2D eigenvalue weighted by Crippen LogP contribution is 2.46. The molecule has 4 aromatic carbocycles. The van der Waals surface area contributed by atoms with Crippen LogP contribution in [0.1, 0.15) is 50.5 Å². The van der Waals surface area contributed by atoms with Gasteiger partial charge in [-0.05, 0) is 43.7 Å². The number of benzene rings is 4. The molecule has 44 heavy (non-hydrogen) atoms. The number of anilines is 1. The van der Waals surface area contributed by atoms with Gasteiger partial charge in [-0.25, -0.2) is 22.8 Å². The highest BCUT2D eigenvalue weighted by Gasteiger charge is 2.43. The van der Waals surface area contributed by atoms with Crippen molar-refractivity contribution < 1.29 is 41.8 Å². The minimum absolute atomic E-state index is 0.111. The Labute approximate surface area is 253 Å². The standard InChI is InChI=1S/C32H28N2O9S/c1-4-42-28-21-10-6-7-11-22(21)29(43-5-2)27-26(28)30(36)34(31(27)37)20-16-14-19(15-17-20)18-25(35)33-44(39,40)24-13-9-8-12-23(24)32(38)41-3/h6-17H,4-5,18H2,1-3H3,(H,33,35). The molecule has 4 aromatic rings. The third kappa shape index (κ3) is 5.35. The summed E-state index contributed by atoms with van der Waals surface area (Å²) in [5.41, 5.74) is 0.664. The van der Waals surface area contributed by atoms with Crippen molar-refractivity contribution >= 4 is 50.2 Å². The summed E-state index contributed by atoms with van der Waals surface area (Å²) in [6, 6.07) is 18.6. The van der Waals surface area contributed by atoms with E-state index in [-0.39, 0.29) is 42.0 Å². The Hall–Kier alpha value is -5.23. The molecule has 0 radical (unpaired) electrons. The van der Waals surface area contributed by atoms with E-state index in [1.165, 1.54) is 48.5 Å². The van der Waals surface area contributed by atoms with Gasteiger partial charge in [0.05, 0.1) is 49.1 Å². The monoisotopic (exact) mass is 616 g/mol. The number of carbonyl (C=O) groups excluding carboxylic acids is 4. The van der Waals surface area contributed by atoms with Crippen LogP contribution >= 0.6 is 0 Å². The Balaban J connectivity index is 1.41. The summed E-state index contributed by atoms with van der Waals surface area (Å²) in [5, 5.41) is 1.29. The number of hydrogen-bond acceptors (Lipinski definition) is 9. The fourth-order valence-corrected chi connectivity index (χ4v) is 6.27. The summed E-state index contributed by atoms with van der Waals surface area (Å²) < 4.78 is 44.1. The molecule has 1 aliphatic heterocycles. The topological polar surface area (TPSA) is 145 Å². The van der Waals surface area contributed by atoms with E-state index in [1.54, 1.807) is 26.0 Å². The Kier molecular flexibility index (Phi) is 8.36. The summed E-state index contributed by atoms with van der Waals surface area (Å²) in [5.74, 6) is -2.29. The number of imide groups is 1. The molecule has 0 saturated heterocycles. The van der Waals surface area contributed by atoms with Crippen molar-refractivity contribution in [3.05, 3.63) is 95.1 Å². The number of esters is 1. The van der Waals surface area contributed by atoms with Crippen molar-refractivity contribution in [1.82, 2.24) is 4.72 Å². The van der Waals surface area contributed by atoms with Crippen molar-refractivity contribution in [2.75, 3.05) is 25.2 Å². The lowest BCUT2D eigenvalue weighted by molar-refractivity contribution is -0.118. The second-order valence-electron chi connectivity index (χ2n) is 9.63. The van der Waals surface area contributed by atoms with Gasteiger partial charge in [0.15, 0.2) is 0 Å². The summed E-state index contributed by atoms with van der Waals surface area (Å²) in [7, 11) is -3.27. The second-order valence-corrected chi connectivity index (χ2v) is 11.3. The van der Waals surface area contributed by atoms with Gasteiger partial charge in [-0.1, -0.05) is 48.5 Å². The van der Waals surface area contributed by atoms with Crippen molar-refractivity contribution in [3.8, 4) is 11.5 Å². The van der Waals surface area contributed by atoms with E-state index in [2.05, 4.69) is 4.74 Å². The molecule has 0 aromatic heterocycles. The largest absolute Gasteiger partial charge is 0.492 e. The number of rotatable bonds is 10. The van der Waals surface area contributed by atoms with E-state index in [0.717, 1.165) is 12.0 Å². The van der Waals surface area contributed by atoms with Crippen LogP contribution in [0.3, 0.4) is 0 Å². The number of nitrogens with zero attached hydrogens (tertiary/aromatic N) is 1. The van der Waals surface area contributed by atoms with Crippen LogP contribution in [0.2, 0.25) is 0 Å². The maximum absolute atomic E-state index is 13.8. The molecular formula is C32H28N2O9S. The minimum Gasteiger partial charge on any atom is -0.492 e. The minimum atomic E-state index is -4.39. The molecule has 11 nitrogen and oxygen atoms in total. The summed E-state index contributed by atoms with van der Waals surface area (Å²) in [4.78, 5) is 52.9. The fraction of sp³-hybridized carbons (Fsp3) is 0.188. The number of ether oxygens (including phenoxy) is 3. The van der Waals surface area contributed by atoms with Gasteiger partial charge in [-0.2, -0.15) is 0 Å². The van der Waals surface area contributed by atoms with Crippen LogP contribution in [0, 0.1) is 0 Å². The van der Waals surface area contributed by atoms with Gasteiger partial charge in [0.1, 0.15) is 16.4 Å². The highest BCUT2D eigenvalue weighted by atomic mass is 32.2. The molecule has 0 aliphatic carbocycles. The molecule has 12 heteroatoms. The fourth-order valence-electron chi connectivity index (χ4n) is 5.09. The molecule has 1 N–H and O–H groups in total. The lowest BCUT2D eigenvalue weighted by Crippen LogP contribution is -2.33. The van der Waals surface area contributed by atoms with E-state index >= 15 is 0 Å². The molecule has 0 atom stereocenters. The van der Waals surface area contributed by atoms with E-state index in [1.807, 2.05) is 16.9 Å². The number of nitrogens with one attached hydrogen (secondary N) is 1. The van der Waals surface area contributed by atoms with E-state index in [4.69, 9.17) is 9.47 Å². The zero-order valence-corrected chi connectivity index (χ0v) is 24.9. The molecular weight excluding hydrogens is 588 g/mol. The van der Waals surface area contributed by atoms with Gasteiger partial charge in [-0.15, -0.1) is 0 Å². The zero-order chi connectivity index (χ0) is 31.6. The summed E-state index contributed by atoms with van der Waals surface area (Å²) >= 11 is 0. The highest BCUT2D eigenvalue weighted by molar-refractivity contribution is 7.90. The SMILES string of the molecule is CCOc1c2c(c(OCC)c3ccccc13)C(=O)N(c1ccc(CC(=O)NS(=O)(=O)c3ccccc3C(=O)OC)cc1)C2=O. The maximum atomic E-state index is 13.8. The van der Waals surface area contributed by atoms with Crippen LogP contribution < -0.4 is 19.1 Å². The predicted octanol–water partition coefficient (Wildman–Crippen LogP) is 4.27. The quantitative estimate of drug-likeness (QED) is 0.204. The molecule has 3 amide bonds. The van der Waals surface area contributed by atoms with Crippen LogP contribution in [-0.2, 0) is 26.0 Å². The first-order chi connectivity index (χ1) is 21.1. The van der Waals surface area contributed by atoms with Crippen molar-refractivity contribution in [2.45, 2.75) is 25.2 Å². The van der Waals surface area contributed by atoms with Crippen LogP contribution in [0.25, 0.3) is 10.8 Å². The second kappa shape index (κ2) is 12.2. The first-order valence-electron chi connectivity index (χ1n) is 13.7. The first kappa shape index (κ1) is 30.2. The lowest BCUT2D eigenvalue weighted by Gasteiger charge is -2.15. The smallest absolute Gasteiger partial charge is 0.339 e. The Morgan fingerprint density at radius 3 is 1.82 bits per heavy atom. The van der Waals surface area contributed by atoms with Gasteiger partial charge in [0, 0.05) is 10.8 Å². The number of hydrogen-bond donors (Lipinski definition) is 1. The average molecular weight is 617 g/mol. The van der Waals surface area contributed by atoms with Crippen LogP contribution in [0.5, 0.6) is 11.5 Å². The molecule has 1 heterocycles. The Morgan fingerprint density at radius 1 is 0.773 bits per heavy atom. The predicted molar refractivity (Wildman–Crippen MR) is 161 cm³/mol. The molecule has 1 aliphatic rings. The lowest BCUT2D eigenvalue weighted by atomic mass is 9.99. The normalized spacial score (nSPS) is 12.7. The zero-order valence-electron chi connectivity index (χ0n) is 24.1. The number of amides is 3. The van der Waals surface area contributed by atoms with Crippen molar-refractivity contribution in [1.29, 1.82) is 0 Å². The summed E-state index contributed by atoms with van der Waals surface area (Å²) in [6.45, 7) is 4.11. The third-order valence-corrected chi connectivity index (χ3v) is 8.35. The molecule has 226 valence electrons. The van der Waals surface area contributed by atoms with Crippen LogP contribution in [-0.4, -0.2) is 52.4 Å². The molecule has 0 spiro atoms. The van der Waals surface area contributed by atoms with Crippen molar-refractivity contribution in [2.24, 2.45) is 0 Å². The third-order valence-electron chi connectivity index (χ3n) is 6.92. The van der Waals surface area contributed by atoms with Crippen LogP contribution in [0.15, 0.2) is 77.7 Å². The number of carbonyl (C=O) groups is 4. The van der Waals surface area contributed by atoms with Gasteiger partial charge in [0.2, 0.25) is 5.91 Å². The number of methoxy groups -OCH3 is 1. The number of fused-ring (bicyclic) bond motifs is 2. The Bertz CT molecular complexity index is 1850. The van der Waals surface area contributed by atoms with Gasteiger partial charge in [0.25, 0.3) is 21.8 Å². The van der Waals surface area contributed by atoms with E-state index in [0.29, 0.717) is 27.8 Å². The van der Waals surface area contributed by atoms with Crippen LogP contribution in [0.4, 0.5) is 5.69 Å². The molecule has 0 saturated carbocycles. The van der Waals surface area contributed by atoms with E-state index < -0.39 is 38.6 Å². The average Bonchev–Trinajstić information content (AvgIpc) is 3.28. The van der Waals surface area contributed by atoms with E-state index in [9.17, 15) is 27.6 Å². The van der Waals surface area contributed by atoms with Gasteiger partial charge >= 0.3 is 5.97 Å². The number of sulfonamides is 1.